The summed E-state index contributed by atoms with van der Waals surface area (Å²) in [6.07, 6.45) is 3.26. The van der Waals surface area contributed by atoms with Crippen molar-refractivity contribution < 1.29 is 19.4 Å². The van der Waals surface area contributed by atoms with Gasteiger partial charge in [-0.3, -0.25) is 9.48 Å². The molecule has 7 heteroatoms. The number of hydrogen-bond donors (Lipinski definition) is 2. The number of aromatic nitrogens is 2. The second kappa shape index (κ2) is 5.74. The number of carbonyl (C=O) groups is 1. The van der Waals surface area contributed by atoms with Gasteiger partial charge in [0.05, 0.1) is 11.9 Å². The van der Waals surface area contributed by atoms with Crippen molar-refractivity contribution in [1.82, 2.24) is 9.78 Å². The van der Waals surface area contributed by atoms with Crippen LogP contribution in [0.2, 0.25) is 0 Å². The van der Waals surface area contributed by atoms with E-state index in [2.05, 4.69) is 10.4 Å². The molecule has 2 heterocycles. The molecule has 3 rings (SSSR count). The largest absolute Gasteiger partial charge is 0.486 e. The number of anilines is 1. The van der Waals surface area contributed by atoms with E-state index in [0.29, 0.717) is 19.8 Å². The fraction of sp³-hybridized carbons (Fsp3) is 0.286. The molecule has 1 aromatic carbocycles. The highest BCUT2D eigenvalue weighted by Crippen LogP contribution is 2.30. The molecular formula is C14H15N3O4. The lowest BCUT2D eigenvalue weighted by Gasteiger charge is -2.18. The van der Waals surface area contributed by atoms with Crippen molar-refractivity contribution in [2.75, 3.05) is 18.5 Å². The van der Waals surface area contributed by atoms with E-state index in [1.54, 1.807) is 12.4 Å². The third-order valence-corrected chi connectivity index (χ3v) is 3.03. The molecule has 2 N–H and O–H groups in total. The van der Waals surface area contributed by atoms with Crippen molar-refractivity contribution in [2.24, 2.45) is 0 Å². The van der Waals surface area contributed by atoms with E-state index in [1.807, 2.05) is 18.2 Å². The van der Waals surface area contributed by atoms with Gasteiger partial charge < -0.3 is 19.9 Å². The minimum Gasteiger partial charge on any atom is -0.486 e. The van der Waals surface area contributed by atoms with Crippen LogP contribution in [0.3, 0.4) is 0 Å². The van der Waals surface area contributed by atoms with Crippen molar-refractivity contribution in [3.8, 4) is 11.5 Å². The van der Waals surface area contributed by atoms with Crippen molar-refractivity contribution in [3.63, 3.8) is 0 Å². The third kappa shape index (κ3) is 3.25. The molecule has 0 amide bonds. The maximum absolute atomic E-state index is 10.6. The molecule has 0 spiro atoms. The third-order valence-electron chi connectivity index (χ3n) is 3.03. The molecule has 0 unspecified atom stereocenters. The first-order valence-corrected chi connectivity index (χ1v) is 6.57. The number of carboxylic acid groups (broad SMARTS) is 1. The fourth-order valence-electron chi connectivity index (χ4n) is 2.08. The van der Waals surface area contributed by atoms with Gasteiger partial charge >= 0.3 is 5.97 Å². The highest BCUT2D eigenvalue weighted by Gasteiger charge is 2.11. The Labute approximate surface area is 121 Å². The molecule has 1 aliphatic rings. The molecule has 21 heavy (non-hydrogen) atoms. The zero-order chi connectivity index (χ0) is 14.7. The molecule has 0 bridgehead atoms. The summed E-state index contributed by atoms with van der Waals surface area (Å²) in [6.45, 7) is 1.58. The maximum atomic E-state index is 10.6. The van der Waals surface area contributed by atoms with E-state index in [9.17, 15) is 4.79 Å². The summed E-state index contributed by atoms with van der Waals surface area (Å²) in [5, 5.41) is 15.8. The molecule has 0 atom stereocenters. The first-order valence-electron chi connectivity index (χ1n) is 6.57. The van der Waals surface area contributed by atoms with Crippen molar-refractivity contribution in [2.45, 2.75) is 13.1 Å². The summed E-state index contributed by atoms with van der Waals surface area (Å²) < 4.78 is 12.4. The molecular weight excluding hydrogens is 274 g/mol. The van der Waals surface area contributed by atoms with Crippen LogP contribution in [-0.4, -0.2) is 34.1 Å². The van der Waals surface area contributed by atoms with Gasteiger partial charge in [-0.1, -0.05) is 6.07 Å². The Morgan fingerprint density at radius 2 is 2.14 bits per heavy atom. The van der Waals surface area contributed by atoms with Gasteiger partial charge in [-0.15, -0.1) is 0 Å². The van der Waals surface area contributed by atoms with E-state index in [-0.39, 0.29) is 6.54 Å². The predicted octanol–water partition coefficient (Wildman–Crippen LogP) is 1.35. The van der Waals surface area contributed by atoms with Crippen molar-refractivity contribution in [1.29, 1.82) is 0 Å². The zero-order valence-corrected chi connectivity index (χ0v) is 11.3. The molecule has 0 aliphatic carbocycles. The van der Waals surface area contributed by atoms with Gasteiger partial charge in [0, 0.05) is 12.7 Å². The monoisotopic (exact) mass is 289 g/mol. The van der Waals surface area contributed by atoms with Gasteiger partial charge in [0.15, 0.2) is 11.5 Å². The Hall–Kier alpha value is -2.70. The van der Waals surface area contributed by atoms with Crippen LogP contribution in [0, 0.1) is 0 Å². The van der Waals surface area contributed by atoms with Crippen LogP contribution < -0.4 is 14.8 Å². The van der Waals surface area contributed by atoms with E-state index >= 15 is 0 Å². The lowest BCUT2D eigenvalue weighted by atomic mass is 10.2. The van der Waals surface area contributed by atoms with Crippen LogP contribution in [0.25, 0.3) is 0 Å². The number of fused-ring (bicyclic) bond motifs is 1. The van der Waals surface area contributed by atoms with E-state index in [1.165, 1.54) is 4.68 Å². The second-order valence-corrected chi connectivity index (χ2v) is 4.65. The number of ether oxygens (including phenoxy) is 2. The van der Waals surface area contributed by atoms with Gasteiger partial charge in [-0.2, -0.15) is 5.10 Å². The van der Waals surface area contributed by atoms with Crippen molar-refractivity contribution in [3.05, 3.63) is 36.2 Å². The smallest absolute Gasteiger partial charge is 0.325 e. The fourth-order valence-corrected chi connectivity index (χ4v) is 2.08. The molecule has 0 fully saturated rings. The summed E-state index contributed by atoms with van der Waals surface area (Å²) >= 11 is 0. The summed E-state index contributed by atoms with van der Waals surface area (Å²) in [5.74, 6) is 0.595. The van der Waals surface area contributed by atoms with Crippen LogP contribution in [-0.2, 0) is 17.9 Å². The van der Waals surface area contributed by atoms with Crippen LogP contribution in [0.15, 0.2) is 30.6 Å². The first kappa shape index (κ1) is 13.3. The molecule has 110 valence electrons. The van der Waals surface area contributed by atoms with Crippen LogP contribution in [0.4, 0.5) is 5.69 Å². The summed E-state index contributed by atoms with van der Waals surface area (Å²) in [5.41, 5.74) is 1.82. The Morgan fingerprint density at radius 1 is 1.33 bits per heavy atom. The second-order valence-electron chi connectivity index (χ2n) is 4.65. The molecule has 0 saturated carbocycles. The van der Waals surface area contributed by atoms with E-state index in [4.69, 9.17) is 14.6 Å². The van der Waals surface area contributed by atoms with Crippen LogP contribution in [0.5, 0.6) is 11.5 Å². The first-order chi connectivity index (χ1) is 10.2. The van der Waals surface area contributed by atoms with Crippen LogP contribution >= 0.6 is 0 Å². The number of carboxylic acids is 1. The number of nitrogens with one attached hydrogen (secondary N) is 1. The highest BCUT2D eigenvalue weighted by atomic mass is 16.6. The van der Waals surface area contributed by atoms with Gasteiger partial charge in [-0.25, -0.2) is 0 Å². The standard InChI is InChI=1S/C14H15N3O4/c18-14(19)9-17-8-11(7-16-17)15-6-10-1-2-12-13(5-10)21-4-3-20-12/h1-2,5,7-8,15H,3-4,6,9H2,(H,18,19). The molecule has 2 aromatic rings. The maximum Gasteiger partial charge on any atom is 0.325 e. The SMILES string of the molecule is O=C(O)Cn1cc(NCc2ccc3c(c2)OCCO3)cn1. The molecule has 1 aromatic heterocycles. The molecule has 0 radical (unpaired) electrons. The Kier molecular flexibility index (Phi) is 3.63. The number of hydrogen-bond acceptors (Lipinski definition) is 5. The Bertz CT molecular complexity index is 653. The van der Waals surface area contributed by atoms with E-state index in [0.717, 1.165) is 22.7 Å². The molecule has 1 aliphatic heterocycles. The topological polar surface area (TPSA) is 85.6 Å². The number of aliphatic carboxylic acids is 1. The minimum absolute atomic E-state index is 0.147. The lowest BCUT2D eigenvalue weighted by Crippen LogP contribution is -2.15. The average molecular weight is 289 g/mol. The van der Waals surface area contributed by atoms with Crippen LogP contribution in [0.1, 0.15) is 5.56 Å². The van der Waals surface area contributed by atoms with Crippen molar-refractivity contribution >= 4 is 11.7 Å². The quantitative estimate of drug-likeness (QED) is 0.864. The lowest BCUT2D eigenvalue weighted by molar-refractivity contribution is -0.137. The molecule has 7 nitrogen and oxygen atoms in total. The number of rotatable bonds is 5. The van der Waals surface area contributed by atoms with E-state index < -0.39 is 5.97 Å². The highest BCUT2D eigenvalue weighted by molar-refractivity contribution is 5.66. The van der Waals surface area contributed by atoms with Gasteiger partial charge in [-0.05, 0) is 17.7 Å². The summed E-state index contributed by atoms with van der Waals surface area (Å²) in [4.78, 5) is 10.6. The van der Waals surface area contributed by atoms with Gasteiger partial charge in [0.25, 0.3) is 0 Å². The number of benzene rings is 1. The van der Waals surface area contributed by atoms with Gasteiger partial charge in [0.1, 0.15) is 19.8 Å². The summed E-state index contributed by atoms with van der Waals surface area (Å²) in [6, 6.07) is 5.78. The van der Waals surface area contributed by atoms with Gasteiger partial charge in [0.2, 0.25) is 0 Å². The minimum atomic E-state index is -0.920. The average Bonchev–Trinajstić information content (AvgIpc) is 2.91. The Morgan fingerprint density at radius 3 is 2.95 bits per heavy atom. The summed E-state index contributed by atoms with van der Waals surface area (Å²) in [7, 11) is 0. The zero-order valence-electron chi connectivity index (χ0n) is 11.3. The number of nitrogens with zero attached hydrogens (tertiary/aromatic N) is 2. The Balaban J connectivity index is 1.62. The predicted molar refractivity (Wildman–Crippen MR) is 74.6 cm³/mol. The normalized spacial score (nSPS) is 13.0. The molecule has 0 saturated heterocycles.